The standard InChI is InChI=1S/C15H18ClFN4OS2/c1-9(7-22)18-13-6-14(21-23-2)20-15(19-13)24-8-10-5-11(16)3-4-12(10)17/h3-6,9,22H,7-8H2,1-2H3,(H2,18,19,20,21)/t9-/m1/s1. The van der Waals surface area contributed by atoms with Crippen LogP contribution in [0.3, 0.4) is 0 Å². The number of halogens is 2. The molecule has 5 nitrogen and oxygen atoms in total. The number of aromatic nitrogens is 2. The number of nitrogens with zero attached hydrogens (tertiary/aromatic N) is 2. The van der Waals surface area contributed by atoms with E-state index in [-0.39, 0.29) is 18.5 Å². The molecule has 0 aliphatic rings. The Morgan fingerprint density at radius 1 is 1.29 bits per heavy atom. The Bertz CT molecular complexity index is 693. The molecule has 0 unspecified atom stereocenters. The van der Waals surface area contributed by atoms with Crippen LogP contribution in [0.1, 0.15) is 12.5 Å². The summed E-state index contributed by atoms with van der Waals surface area (Å²) in [6.45, 7) is 1.84. The third-order valence-corrected chi connectivity index (χ3v) is 4.49. The van der Waals surface area contributed by atoms with E-state index in [9.17, 15) is 4.39 Å². The third-order valence-electron chi connectivity index (χ3n) is 2.94. The van der Waals surface area contributed by atoms with Gasteiger partial charge < -0.3 is 15.1 Å². The summed E-state index contributed by atoms with van der Waals surface area (Å²) in [5.74, 6) is 1.29. The molecule has 0 aliphatic heterocycles. The van der Waals surface area contributed by atoms with E-state index >= 15 is 0 Å². The fourth-order valence-corrected chi connectivity index (χ4v) is 3.15. The Morgan fingerprint density at radius 2 is 2.04 bits per heavy atom. The van der Waals surface area contributed by atoms with Gasteiger partial charge in [-0.2, -0.15) is 0 Å². The van der Waals surface area contributed by atoms with Crippen LogP contribution in [0.4, 0.5) is 16.0 Å². The number of thioether (sulfide) groups is 1. The Balaban J connectivity index is 2.16. The maximum absolute atomic E-state index is 13.8. The second kappa shape index (κ2) is 9.31. The molecule has 0 aliphatic carbocycles. The molecule has 9 heteroatoms. The fraction of sp³-hybridized carbons (Fsp3) is 0.333. The number of aliphatic hydroxyl groups excluding tert-OH is 1. The minimum Gasteiger partial charge on any atom is -0.394 e. The van der Waals surface area contributed by atoms with Gasteiger partial charge >= 0.3 is 0 Å². The molecule has 2 aromatic rings. The van der Waals surface area contributed by atoms with Gasteiger partial charge in [-0.1, -0.05) is 35.3 Å². The van der Waals surface area contributed by atoms with Gasteiger partial charge in [-0.15, -0.1) is 0 Å². The summed E-state index contributed by atoms with van der Waals surface area (Å²) in [6.07, 6.45) is 1.89. The van der Waals surface area contributed by atoms with E-state index in [1.807, 2.05) is 13.2 Å². The van der Waals surface area contributed by atoms with Crippen molar-refractivity contribution in [1.82, 2.24) is 9.97 Å². The van der Waals surface area contributed by atoms with Crippen molar-refractivity contribution in [3.8, 4) is 0 Å². The monoisotopic (exact) mass is 388 g/mol. The van der Waals surface area contributed by atoms with Crippen LogP contribution >= 0.6 is 35.3 Å². The summed E-state index contributed by atoms with van der Waals surface area (Å²) >= 11 is 8.63. The van der Waals surface area contributed by atoms with Crippen molar-refractivity contribution >= 4 is 46.9 Å². The zero-order chi connectivity index (χ0) is 17.5. The van der Waals surface area contributed by atoms with E-state index in [0.29, 0.717) is 33.1 Å². The van der Waals surface area contributed by atoms with Crippen LogP contribution < -0.4 is 10.0 Å². The number of rotatable bonds is 8. The summed E-state index contributed by atoms with van der Waals surface area (Å²) < 4.78 is 16.9. The SMILES string of the molecule is CSNc1cc(N[C@H](C)CO)nc(SCc2cc(Cl)ccc2F)n1. The van der Waals surface area contributed by atoms with Crippen molar-refractivity contribution in [2.75, 3.05) is 22.9 Å². The predicted molar refractivity (Wildman–Crippen MR) is 100 cm³/mol. The number of aliphatic hydroxyl groups is 1. The highest BCUT2D eigenvalue weighted by atomic mass is 35.5. The summed E-state index contributed by atoms with van der Waals surface area (Å²) in [4.78, 5) is 8.78. The molecule has 1 aromatic carbocycles. The first-order valence-electron chi connectivity index (χ1n) is 7.14. The number of hydrogen-bond donors (Lipinski definition) is 3. The molecular formula is C15H18ClFN4OS2. The van der Waals surface area contributed by atoms with Crippen LogP contribution in [-0.4, -0.2) is 34.0 Å². The molecule has 0 amide bonds. The molecule has 0 fully saturated rings. The molecule has 0 saturated heterocycles. The van der Waals surface area contributed by atoms with E-state index in [2.05, 4.69) is 20.0 Å². The molecular weight excluding hydrogens is 371 g/mol. The normalized spacial score (nSPS) is 12.0. The van der Waals surface area contributed by atoms with Crippen molar-refractivity contribution in [1.29, 1.82) is 0 Å². The van der Waals surface area contributed by atoms with Gasteiger partial charge in [-0.3, -0.25) is 0 Å². The highest BCUT2D eigenvalue weighted by Crippen LogP contribution is 2.26. The molecule has 1 atom stereocenters. The van der Waals surface area contributed by atoms with E-state index in [0.717, 1.165) is 0 Å². The maximum atomic E-state index is 13.8. The maximum Gasteiger partial charge on any atom is 0.191 e. The lowest BCUT2D eigenvalue weighted by Crippen LogP contribution is -2.20. The molecule has 0 spiro atoms. The lowest BCUT2D eigenvalue weighted by molar-refractivity contribution is 0.281. The fourth-order valence-electron chi connectivity index (χ4n) is 1.81. The molecule has 3 N–H and O–H groups in total. The molecule has 24 heavy (non-hydrogen) atoms. The summed E-state index contributed by atoms with van der Waals surface area (Å²) in [5.41, 5.74) is 0.498. The largest absolute Gasteiger partial charge is 0.394 e. The minimum absolute atomic E-state index is 0.00844. The highest BCUT2D eigenvalue weighted by molar-refractivity contribution is 7.99. The van der Waals surface area contributed by atoms with E-state index in [1.54, 1.807) is 12.1 Å². The molecule has 0 saturated carbocycles. The van der Waals surface area contributed by atoms with Crippen LogP contribution in [0.2, 0.25) is 5.02 Å². The second-order valence-electron chi connectivity index (χ2n) is 4.98. The van der Waals surface area contributed by atoms with Crippen molar-refractivity contribution < 1.29 is 9.50 Å². The lowest BCUT2D eigenvalue weighted by Gasteiger charge is -2.13. The van der Waals surface area contributed by atoms with Gasteiger partial charge in [0.1, 0.15) is 17.5 Å². The van der Waals surface area contributed by atoms with Gasteiger partial charge in [0.15, 0.2) is 5.16 Å². The van der Waals surface area contributed by atoms with Crippen molar-refractivity contribution in [3.63, 3.8) is 0 Å². The first-order chi connectivity index (χ1) is 11.5. The Hall–Kier alpha value is -1.22. The van der Waals surface area contributed by atoms with Crippen LogP contribution in [0, 0.1) is 5.82 Å². The van der Waals surface area contributed by atoms with E-state index < -0.39 is 0 Å². The van der Waals surface area contributed by atoms with Gasteiger partial charge in [0.25, 0.3) is 0 Å². The van der Waals surface area contributed by atoms with Crippen LogP contribution in [-0.2, 0) is 5.75 Å². The zero-order valence-electron chi connectivity index (χ0n) is 13.2. The minimum atomic E-state index is -0.308. The van der Waals surface area contributed by atoms with Gasteiger partial charge in [-0.05, 0) is 30.7 Å². The van der Waals surface area contributed by atoms with Gasteiger partial charge in [-0.25, -0.2) is 14.4 Å². The number of benzene rings is 1. The van der Waals surface area contributed by atoms with Crippen LogP contribution in [0.25, 0.3) is 0 Å². The number of anilines is 2. The molecule has 1 aromatic heterocycles. The average molecular weight is 389 g/mol. The third kappa shape index (κ3) is 5.70. The van der Waals surface area contributed by atoms with Gasteiger partial charge in [0, 0.05) is 29.1 Å². The molecule has 2 rings (SSSR count). The Labute approximate surface area is 153 Å². The van der Waals surface area contributed by atoms with E-state index in [1.165, 1.54) is 35.8 Å². The van der Waals surface area contributed by atoms with Gasteiger partial charge in [0.05, 0.1) is 6.61 Å². The van der Waals surface area contributed by atoms with Crippen LogP contribution in [0.5, 0.6) is 0 Å². The molecule has 0 bridgehead atoms. The second-order valence-corrected chi connectivity index (χ2v) is 6.97. The summed E-state index contributed by atoms with van der Waals surface area (Å²) in [5, 5.41) is 13.2. The smallest absolute Gasteiger partial charge is 0.191 e. The summed E-state index contributed by atoms with van der Waals surface area (Å²) in [7, 11) is 0. The van der Waals surface area contributed by atoms with Crippen LogP contribution in [0.15, 0.2) is 29.4 Å². The Kier molecular flexibility index (Phi) is 7.41. The first kappa shape index (κ1) is 19.1. The Morgan fingerprint density at radius 3 is 2.75 bits per heavy atom. The highest BCUT2D eigenvalue weighted by Gasteiger charge is 2.10. The molecule has 0 radical (unpaired) electrons. The van der Waals surface area contributed by atoms with Crippen molar-refractivity contribution in [2.45, 2.75) is 23.9 Å². The average Bonchev–Trinajstić information content (AvgIpc) is 2.55. The summed E-state index contributed by atoms with van der Waals surface area (Å²) in [6, 6.07) is 6.09. The predicted octanol–water partition coefficient (Wildman–Crippen LogP) is 4.04. The van der Waals surface area contributed by atoms with Crippen molar-refractivity contribution in [2.24, 2.45) is 0 Å². The van der Waals surface area contributed by atoms with Gasteiger partial charge in [0.2, 0.25) is 0 Å². The molecule has 130 valence electrons. The van der Waals surface area contributed by atoms with E-state index in [4.69, 9.17) is 16.7 Å². The zero-order valence-corrected chi connectivity index (χ0v) is 15.6. The number of nitrogens with one attached hydrogen (secondary N) is 2. The van der Waals surface area contributed by atoms with Crippen molar-refractivity contribution in [3.05, 3.63) is 40.7 Å². The lowest BCUT2D eigenvalue weighted by atomic mass is 10.2. The number of hydrogen-bond acceptors (Lipinski definition) is 7. The first-order valence-corrected chi connectivity index (χ1v) is 9.73. The molecule has 1 heterocycles. The quantitative estimate of drug-likeness (QED) is 0.358. The topological polar surface area (TPSA) is 70.1 Å².